The third-order valence-electron chi connectivity index (χ3n) is 4.65. The van der Waals surface area contributed by atoms with Crippen molar-refractivity contribution in [1.82, 2.24) is 5.32 Å². The molecule has 4 heteroatoms. The molecule has 0 aliphatic carbocycles. The number of fused-ring (bicyclic) bond motifs is 1. The zero-order valence-corrected chi connectivity index (χ0v) is 15.0. The zero-order valence-electron chi connectivity index (χ0n) is 15.0. The highest BCUT2D eigenvalue weighted by atomic mass is 16.4. The lowest BCUT2D eigenvalue weighted by atomic mass is 9.97. The number of amides is 1. The van der Waals surface area contributed by atoms with Crippen molar-refractivity contribution >= 4 is 22.6 Å². The van der Waals surface area contributed by atoms with Gasteiger partial charge in [-0.2, -0.15) is 0 Å². The van der Waals surface area contributed by atoms with Gasteiger partial charge in [0.25, 0.3) is 5.91 Å². The minimum Gasteiger partial charge on any atom is -0.478 e. The summed E-state index contributed by atoms with van der Waals surface area (Å²) in [7, 11) is 0. The maximum absolute atomic E-state index is 12.7. The van der Waals surface area contributed by atoms with Crippen LogP contribution in [0.2, 0.25) is 0 Å². The maximum atomic E-state index is 12.7. The molecule has 1 unspecified atom stereocenters. The lowest BCUT2D eigenvalue weighted by Gasteiger charge is -2.17. The molecule has 3 aromatic rings. The van der Waals surface area contributed by atoms with E-state index >= 15 is 0 Å². The Kier molecular flexibility index (Phi) is 4.76. The van der Waals surface area contributed by atoms with Crippen LogP contribution in [0, 0.1) is 13.8 Å². The summed E-state index contributed by atoms with van der Waals surface area (Å²) in [5.41, 5.74) is 2.94. The highest BCUT2D eigenvalue weighted by molar-refractivity contribution is 5.98. The molecule has 0 saturated heterocycles. The quantitative estimate of drug-likeness (QED) is 0.722. The van der Waals surface area contributed by atoms with Crippen LogP contribution in [0.4, 0.5) is 0 Å². The van der Waals surface area contributed by atoms with Gasteiger partial charge in [0, 0.05) is 5.56 Å². The summed E-state index contributed by atoms with van der Waals surface area (Å²) < 4.78 is 0. The first kappa shape index (κ1) is 17.7. The molecule has 1 amide bonds. The molecule has 0 aliphatic rings. The highest BCUT2D eigenvalue weighted by Crippen LogP contribution is 2.25. The van der Waals surface area contributed by atoms with Crippen molar-refractivity contribution in [3.63, 3.8) is 0 Å². The van der Waals surface area contributed by atoms with Crippen LogP contribution >= 0.6 is 0 Å². The van der Waals surface area contributed by atoms with Crippen LogP contribution in [-0.2, 0) is 0 Å². The molecule has 0 aromatic heterocycles. The number of aromatic carboxylic acids is 1. The number of carbonyl (C=O) groups excluding carboxylic acids is 1. The fourth-order valence-electron chi connectivity index (χ4n) is 3.42. The fraction of sp³-hybridized carbons (Fsp3) is 0.182. The van der Waals surface area contributed by atoms with E-state index < -0.39 is 5.97 Å². The average molecular weight is 347 g/mol. The maximum Gasteiger partial charge on any atom is 0.336 e. The number of benzene rings is 3. The van der Waals surface area contributed by atoms with E-state index in [9.17, 15) is 14.7 Å². The molecule has 3 aromatic carbocycles. The predicted octanol–water partition coefficient (Wildman–Crippen LogP) is 4.65. The summed E-state index contributed by atoms with van der Waals surface area (Å²) in [6.45, 7) is 5.37. The summed E-state index contributed by atoms with van der Waals surface area (Å²) in [6.07, 6.45) is 0. The molecule has 132 valence electrons. The van der Waals surface area contributed by atoms with Crippen LogP contribution in [-0.4, -0.2) is 17.0 Å². The molecule has 26 heavy (non-hydrogen) atoms. The van der Waals surface area contributed by atoms with Gasteiger partial charge in [0.15, 0.2) is 0 Å². The number of carboxylic acid groups (broad SMARTS) is 1. The number of carboxylic acids is 1. The molecule has 0 radical (unpaired) electrons. The molecule has 1 atom stereocenters. The Morgan fingerprint density at radius 3 is 2.23 bits per heavy atom. The second kappa shape index (κ2) is 7.00. The Balaban J connectivity index is 1.89. The first-order valence-electron chi connectivity index (χ1n) is 8.51. The standard InChI is InChI=1S/C22H21NO3/c1-13-11-17(12-14(2)20(13)22(25)26)21(24)23-15(3)18-10-6-8-16-7-4-5-9-19(16)18/h4-12,15H,1-3H3,(H,23,24)(H,25,26). The Bertz CT molecular complexity index is 979. The van der Waals surface area contributed by atoms with E-state index in [4.69, 9.17) is 0 Å². The van der Waals surface area contributed by atoms with E-state index in [1.807, 2.05) is 49.4 Å². The largest absolute Gasteiger partial charge is 0.478 e. The van der Waals surface area contributed by atoms with Gasteiger partial charge in [-0.25, -0.2) is 4.79 Å². The van der Waals surface area contributed by atoms with Gasteiger partial charge < -0.3 is 10.4 Å². The van der Waals surface area contributed by atoms with Gasteiger partial charge in [0.1, 0.15) is 0 Å². The van der Waals surface area contributed by atoms with E-state index in [1.165, 1.54) is 0 Å². The van der Waals surface area contributed by atoms with Crippen molar-refractivity contribution in [1.29, 1.82) is 0 Å². The Morgan fingerprint density at radius 2 is 1.58 bits per heavy atom. The van der Waals surface area contributed by atoms with Crippen molar-refractivity contribution in [2.24, 2.45) is 0 Å². The van der Waals surface area contributed by atoms with Gasteiger partial charge in [-0.1, -0.05) is 42.5 Å². The Morgan fingerprint density at radius 1 is 0.962 bits per heavy atom. The van der Waals surface area contributed by atoms with Crippen LogP contribution in [0.25, 0.3) is 10.8 Å². The third-order valence-corrected chi connectivity index (χ3v) is 4.65. The number of hydrogen-bond donors (Lipinski definition) is 2. The predicted molar refractivity (Wildman–Crippen MR) is 103 cm³/mol. The summed E-state index contributed by atoms with van der Waals surface area (Å²) in [6, 6.07) is 17.2. The molecule has 4 nitrogen and oxygen atoms in total. The topological polar surface area (TPSA) is 66.4 Å². The van der Waals surface area contributed by atoms with Gasteiger partial charge in [-0.3, -0.25) is 4.79 Å². The number of carbonyl (C=O) groups is 2. The Labute approximate surface area is 152 Å². The minimum absolute atomic E-state index is 0.173. The second-order valence-electron chi connectivity index (χ2n) is 6.55. The molecule has 0 fully saturated rings. The van der Waals surface area contributed by atoms with Gasteiger partial charge in [0.05, 0.1) is 11.6 Å². The molecule has 0 aliphatic heterocycles. The fourth-order valence-corrected chi connectivity index (χ4v) is 3.42. The van der Waals surface area contributed by atoms with Crippen molar-refractivity contribution in [2.75, 3.05) is 0 Å². The second-order valence-corrected chi connectivity index (χ2v) is 6.55. The molecule has 2 N–H and O–H groups in total. The van der Waals surface area contributed by atoms with E-state index in [2.05, 4.69) is 5.32 Å². The van der Waals surface area contributed by atoms with Crippen LogP contribution in [0.5, 0.6) is 0 Å². The summed E-state index contributed by atoms with van der Waals surface area (Å²) in [4.78, 5) is 24.0. The zero-order chi connectivity index (χ0) is 18.8. The van der Waals surface area contributed by atoms with Crippen LogP contribution in [0.15, 0.2) is 54.6 Å². The summed E-state index contributed by atoms with van der Waals surface area (Å²) in [5.74, 6) is -1.19. The van der Waals surface area contributed by atoms with Crippen molar-refractivity contribution in [3.05, 3.63) is 82.4 Å². The molecule has 0 heterocycles. The van der Waals surface area contributed by atoms with Gasteiger partial charge in [-0.05, 0) is 60.4 Å². The number of hydrogen-bond acceptors (Lipinski definition) is 2. The van der Waals surface area contributed by atoms with E-state index in [-0.39, 0.29) is 17.5 Å². The van der Waals surface area contributed by atoms with E-state index in [0.29, 0.717) is 16.7 Å². The molecule has 0 saturated carbocycles. The average Bonchev–Trinajstić information content (AvgIpc) is 2.60. The van der Waals surface area contributed by atoms with Gasteiger partial charge >= 0.3 is 5.97 Å². The summed E-state index contributed by atoms with van der Waals surface area (Å²) in [5, 5.41) is 14.5. The SMILES string of the molecule is Cc1cc(C(=O)NC(C)c2cccc3ccccc23)cc(C)c1C(=O)O. The smallest absolute Gasteiger partial charge is 0.336 e. The Hall–Kier alpha value is -3.14. The van der Waals surface area contributed by atoms with Crippen LogP contribution < -0.4 is 5.32 Å². The van der Waals surface area contributed by atoms with Gasteiger partial charge in [-0.15, -0.1) is 0 Å². The van der Waals surface area contributed by atoms with Crippen molar-refractivity contribution in [2.45, 2.75) is 26.8 Å². The first-order chi connectivity index (χ1) is 12.4. The highest BCUT2D eigenvalue weighted by Gasteiger charge is 2.17. The minimum atomic E-state index is -0.976. The number of rotatable bonds is 4. The number of nitrogens with one attached hydrogen (secondary N) is 1. The summed E-state index contributed by atoms with van der Waals surface area (Å²) >= 11 is 0. The van der Waals surface area contributed by atoms with Crippen LogP contribution in [0.1, 0.15) is 50.4 Å². The molecular weight excluding hydrogens is 326 g/mol. The molecular formula is C22H21NO3. The first-order valence-corrected chi connectivity index (χ1v) is 8.51. The molecule has 0 bridgehead atoms. The normalized spacial score (nSPS) is 12.0. The lowest BCUT2D eigenvalue weighted by Crippen LogP contribution is -2.27. The molecule has 3 rings (SSSR count). The lowest BCUT2D eigenvalue weighted by molar-refractivity contribution is 0.0694. The van der Waals surface area contributed by atoms with Crippen molar-refractivity contribution < 1.29 is 14.7 Å². The van der Waals surface area contributed by atoms with E-state index in [0.717, 1.165) is 16.3 Å². The monoisotopic (exact) mass is 347 g/mol. The van der Waals surface area contributed by atoms with E-state index in [1.54, 1.807) is 26.0 Å². The molecule has 0 spiro atoms. The third kappa shape index (κ3) is 3.31. The van der Waals surface area contributed by atoms with Crippen LogP contribution in [0.3, 0.4) is 0 Å². The van der Waals surface area contributed by atoms with Gasteiger partial charge in [0.2, 0.25) is 0 Å². The number of aryl methyl sites for hydroxylation is 2. The van der Waals surface area contributed by atoms with Crippen molar-refractivity contribution in [3.8, 4) is 0 Å².